The number of hydrogen-bond acceptors (Lipinski definition) is 3. The van der Waals surface area contributed by atoms with Crippen LogP contribution in [-0.4, -0.2) is 37.0 Å². The molecule has 2 heterocycles. The monoisotopic (exact) mass is 495 g/mol. The Bertz CT molecular complexity index is 1410. The summed E-state index contributed by atoms with van der Waals surface area (Å²) in [6.45, 7) is 0. The zero-order valence-corrected chi connectivity index (χ0v) is 21.4. The number of aromatic nitrogens is 1. The zero-order valence-electron chi connectivity index (χ0n) is 21.4. The molecule has 6 heteroatoms. The Balaban J connectivity index is 1.47. The number of rotatable bonds is 3. The molecule has 0 radical (unpaired) electrons. The van der Waals surface area contributed by atoms with E-state index in [1.54, 1.807) is 19.1 Å². The minimum atomic E-state index is -0.688. The molecule has 3 aromatic carbocycles. The minimum Gasteiger partial charge on any atom is -0.497 e. The van der Waals surface area contributed by atoms with Crippen LogP contribution in [0.2, 0.25) is 0 Å². The number of anilines is 1. The van der Waals surface area contributed by atoms with Crippen molar-refractivity contribution in [2.24, 2.45) is 0 Å². The molecule has 0 aliphatic carbocycles. The van der Waals surface area contributed by atoms with Crippen molar-refractivity contribution in [3.05, 3.63) is 95.2 Å². The Kier molecular flexibility index (Phi) is 7.26. The van der Waals surface area contributed by atoms with E-state index in [9.17, 15) is 9.59 Å². The van der Waals surface area contributed by atoms with Crippen LogP contribution >= 0.6 is 0 Å². The number of nitrogens with one attached hydrogen (secondary N) is 2. The fourth-order valence-corrected chi connectivity index (χ4v) is 5.22. The van der Waals surface area contributed by atoms with E-state index in [1.165, 1.54) is 5.56 Å². The van der Waals surface area contributed by atoms with Gasteiger partial charge in [0.1, 0.15) is 11.8 Å². The summed E-state index contributed by atoms with van der Waals surface area (Å²) in [6.07, 6.45) is 4.64. The predicted molar refractivity (Wildman–Crippen MR) is 147 cm³/mol. The van der Waals surface area contributed by atoms with Gasteiger partial charge in [-0.1, -0.05) is 42.5 Å². The van der Waals surface area contributed by atoms with Crippen molar-refractivity contribution in [3.8, 4) is 5.75 Å². The van der Waals surface area contributed by atoms with E-state index >= 15 is 0 Å². The molecule has 0 saturated heterocycles. The average Bonchev–Trinajstić information content (AvgIpc) is 3.26. The van der Waals surface area contributed by atoms with Crippen LogP contribution in [0.5, 0.6) is 5.75 Å². The number of carbonyl (C=O) groups is 2. The van der Waals surface area contributed by atoms with E-state index in [0.717, 1.165) is 64.8 Å². The van der Waals surface area contributed by atoms with Crippen molar-refractivity contribution in [1.82, 2.24) is 10.3 Å². The van der Waals surface area contributed by atoms with Crippen molar-refractivity contribution in [2.45, 2.75) is 44.6 Å². The van der Waals surface area contributed by atoms with Crippen LogP contribution in [0.3, 0.4) is 0 Å². The van der Waals surface area contributed by atoms with Gasteiger partial charge in [0, 0.05) is 35.8 Å². The van der Waals surface area contributed by atoms with Crippen LogP contribution in [0.4, 0.5) is 5.69 Å². The molecule has 2 N–H and O–H groups in total. The number of para-hydroxylation sites is 1. The molecule has 190 valence electrons. The summed E-state index contributed by atoms with van der Waals surface area (Å²) in [6, 6.07) is 23.2. The number of amides is 2. The molecule has 37 heavy (non-hydrogen) atoms. The fourth-order valence-electron chi connectivity index (χ4n) is 5.22. The number of likely N-dealkylation sites (N-methyl/N-ethyl adjacent to an activating group) is 1. The second-order valence-electron chi connectivity index (χ2n) is 9.75. The average molecular weight is 496 g/mol. The summed E-state index contributed by atoms with van der Waals surface area (Å²) in [4.78, 5) is 32.3. The number of aromatic amines is 1. The maximum atomic E-state index is 13.7. The second kappa shape index (κ2) is 10.9. The Morgan fingerprint density at radius 2 is 1.70 bits per heavy atom. The maximum absolute atomic E-state index is 13.7. The van der Waals surface area contributed by atoms with Crippen molar-refractivity contribution in [1.29, 1.82) is 0 Å². The highest BCUT2D eigenvalue weighted by molar-refractivity contribution is 5.99. The van der Waals surface area contributed by atoms with E-state index < -0.39 is 6.04 Å². The first kappa shape index (κ1) is 24.6. The molecular weight excluding hydrogens is 462 g/mol. The van der Waals surface area contributed by atoms with Crippen molar-refractivity contribution < 1.29 is 14.3 Å². The molecule has 6 nitrogen and oxygen atoms in total. The van der Waals surface area contributed by atoms with Gasteiger partial charge in [-0.05, 0) is 72.7 Å². The summed E-state index contributed by atoms with van der Waals surface area (Å²) in [5.74, 6) is 0.415. The highest BCUT2D eigenvalue weighted by Gasteiger charge is 2.26. The van der Waals surface area contributed by atoms with Crippen molar-refractivity contribution in [2.75, 3.05) is 19.1 Å². The Hall–Kier alpha value is -4.06. The first-order chi connectivity index (χ1) is 18.0. The van der Waals surface area contributed by atoms with Crippen LogP contribution in [0.1, 0.15) is 35.2 Å². The zero-order chi connectivity index (χ0) is 25.8. The number of hydrogen-bond donors (Lipinski definition) is 2. The van der Waals surface area contributed by atoms with Gasteiger partial charge >= 0.3 is 0 Å². The van der Waals surface area contributed by atoms with Crippen LogP contribution in [0, 0.1) is 0 Å². The number of H-pyrrole nitrogens is 1. The van der Waals surface area contributed by atoms with Gasteiger partial charge < -0.3 is 19.9 Å². The molecular formula is C31H33N3O3. The topological polar surface area (TPSA) is 74.4 Å². The van der Waals surface area contributed by atoms with E-state index in [4.69, 9.17) is 4.74 Å². The summed E-state index contributed by atoms with van der Waals surface area (Å²) in [5, 5.41) is 4.15. The number of fused-ring (bicyclic) bond motifs is 5. The van der Waals surface area contributed by atoms with Gasteiger partial charge in [0.25, 0.3) is 0 Å². The Morgan fingerprint density at radius 3 is 2.51 bits per heavy atom. The third-order valence-electron chi connectivity index (χ3n) is 7.24. The standard InChI is InChI=1S/C31H33N3O3/c1-34(23-14-16-24(37-2)17-15-23)31(36)29-19-22-10-7-9-21(18-22)8-3-5-13-28-26(20-30(35)33-29)25-11-4-6-12-27(25)32-28/h4,6-7,9-12,14-18,29,32H,3,5,8,13,19-20H2,1-2H3,(H,33,35). The third kappa shape index (κ3) is 5.53. The highest BCUT2D eigenvalue weighted by Crippen LogP contribution is 2.25. The van der Waals surface area contributed by atoms with Crippen molar-refractivity contribution in [3.63, 3.8) is 0 Å². The van der Waals surface area contributed by atoms with Crippen LogP contribution in [0.25, 0.3) is 10.9 Å². The van der Waals surface area contributed by atoms with Gasteiger partial charge in [-0.2, -0.15) is 0 Å². The minimum absolute atomic E-state index is 0.152. The third-order valence-corrected chi connectivity index (χ3v) is 7.24. The van der Waals surface area contributed by atoms with Crippen LogP contribution in [-0.2, 0) is 35.3 Å². The quantitative estimate of drug-likeness (QED) is 0.421. The lowest BCUT2D eigenvalue weighted by atomic mass is 9.97. The Labute approximate surface area is 217 Å². The molecule has 1 aliphatic heterocycles. The lowest BCUT2D eigenvalue weighted by molar-refractivity contribution is -0.127. The predicted octanol–water partition coefficient (Wildman–Crippen LogP) is 4.99. The molecule has 1 atom stereocenters. The van der Waals surface area contributed by atoms with Crippen LogP contribution in [0.15, 0.2) is 72.8 Å². The Morgan fingerprint density at radius 1 is 0.946 bits per heavy atom. The summed E-state index contributed by atoms with van der Waals surface area (Å²) >= 11 is 0. The fraction of sp³-hybridized carbons (Fsp3) is 0.290. The molecule has 5 rings (SSSR count). The van der Waals surface area contributed by atoms with Gasteiger partial charge in [0.05, 0.1) is 13.5 Å². The first-order valence-corrected chi connectivity index (χ1v) is 12.9. The second-order valence-corrected chi connectivity index (χ2v) is 9.75. The SMILES string of the molecule is COc1ccc(N(C)C(=O)C2Cc3cccc(c3)CCCCc3[nH]c4ccccc4c3CC(=O)N2)cc1. The smallest absolute Gasteiger partial charge is 0.249 e. The van der Waals surface area contributed by atoms with E-state index in [0.29, 0.717) is 6.42 Å². The molecule has 2 amide bonds. The largest absolute Gasteiger partial charge is 0.497 e. The molecule has 4 aromatic rings. The van der Waals surface area contributed by atoms with Gasteiger partial charge in [-0.15, -0.1) is 0 Å². The molecule has 2 bridgehead atoms. The first-order valence-electron chi connectivity index (χ1n) is 12.9. The molecule has 1 aromatic heterocycles. The summed E-state index contributed by atoms with van der Waals surface area (Å²) in [5.41, 5.74) is 6.23. The lowest BCUT2D eigenvalue weighted by Crippen LogP contribution is -2.49. The summed E-state index contributed by atoms with van der Waals surface area (Å²) in [7, 11) is 3.36. The number of methoxy groups -OCH3 is 1. The number of nitrogens with zero attached hydrogens (tertiary/aromatic N) is 1. The summed E-state index contributed by atoms with van der Waals surface area (Å²) < 4.78 is 5.25. The van der Waals surface area contributed by atoms with E-state index in [-0.39, 0.29) is 18.2 Å². The molecule has 0 saturated carbocycles. The van der Waals surface area contributed by atoms with Gasteiger partial charge in [0.15, 0.2) is 0 Å². The van der Waals surface area contributed by atoms with Crippen LogP contribution < -0.4 is 15.0 Å². The molecule has 1 unspecified atom stereocenters. The van der Waals surface area contributed by atoms with Gasteiger partial charge in [-0.3, -0.25) is 9.59 Å². The molecule has 0 spiro atoms. The molecule has 0 fully saturated rings. The van der Waals surface area contributed by atoms with Crippen molar-refractivity contribution >= 4 is 28.4 Å². The van der Waals surface area contributed by atoms with Gasteiger partial charge in [0.2, 0.25) is 11.8 Å². The number of benzene rings is 3. The number of carbonyl (C=O) groups excluding carboxylic acids is 2. The molecule has 1 aliphatic rings. The van der Waals surface area contributed by atoms with E-state index in [2.05, 4.69) is 34.6 Å². The maximum Gasteiger partial charge on any atom is 0.249 e. The lowest BCUT2D eigenvalue weighted by Gasteiger charge is -2.25. The van der Waals surface area contributed by atoms with Gasteiger partial charge in [-0.25, -0.2) is 0 Å². The number of ether oxygens (including phenoxy) is 1. The normalized spacial score (nSPS) is 16.4. The van der Waals surface area contributed by atoms with E-state index in [1.807, 2.05) is 48.5 Å². The highest BCUT2D eigenvalue weighted by atomic mass is 16.5. The number of aryl methyl sites for hydroxylation is 2.